The molecule has 0 amide bonds. The van der Waals surface area contributed by atoms with Crippen LogP contribution in [0.3, 0.4) is 0 Å². The average Bonchev–Trinajstić information content (AvgIpc) is 2.46. The van der Waals surface area contributed by atoms with Gasteiger partial charge in [0, 0.05) is 12.6 Å². The number of rotatable bonds is 6. The summed E-state index contributed by atoms with van der Waals surface area (Å²) >= 11 is 0. The summed E-state index contributed by atoms with van der Waals surface area (Å²) < 4.78 is 11.4. The molecule has 1 aliphatic heterocycles. The number of hydrogen-bond acceptors (Lipinski definition) is 3. The van der Waals surface area contributed by atoms with Gasteiger partial charge in [0.05, 0.1) is 6.61 Å². The third kappa shape index (κ3) is 4.51. The van der Waals surface area contributed by atoms with E-state index in [0.717, 1.165) is 38.2 Å². The van der Waals surface area contributed by atoms with Gasteiger partial charge < -0.3 is 14.8 Å². The van der Waals surface area contributed by atoms with Crippen LogP contribution >= 0.6 is 0 Å². The molecule has 1 aliphatic rings. The zero-order valence-electron chi connectivity index (χ0n) is 12.0. The van der Waals surface area contributed by atoms with E-state index in [1.54, 1.807) is 0 Å². The lowest BCUT2D eigenvalue weighted by Gasteiger charge is -2.24. The molecule has 1 aromatic rings. The Morgan fingerprint density at radius 3 is 3.11 bits per heavy atom. The van der Waals surface area contributed by atoms with E-state index in [1.165, 1.54) is 5.56 Å². The second-order valence-corrected chi connectivity index (χ2v) is 5.21. The normalized spacial score (nSPS) is 21.1. The van der Waals surface area contributed by atoms with Crippen LogP contribution in [-0.4, -0.2) is 25.9 Å². The minimum Gasteiger partial charge on any atom is -0.488 e. The van der Waals surface area contributed by atoms with Gasteiger partial charge in [0.1, 0.15) is 11.9 Å². The maximum absolute atomic E-state index is 6.00. The molecule has 1 N–H and O–H groups in total. The van der Waals surface area contributed by atoms with Gasteiger partial charge in [-0.2, -0.15) is 0 Å². The van der Waals surface area contributed by atoms with Crippen LogP contribution in [0.2, 0.25) is 0 Å². The number of benzene rings is 1. The third-order valence-corrected chi connectivity index (χ3v) is 3.48. The summed E-state index contributed by atoms with van der Waals surface area (Å²) in [5.41, 5.74) is 1.28. The first-order valence-electron chi connectivity index (χ1n) is 7.37. The van der Waals surface area contributed by atoms with Crippen LogP contribution in [0.25, 0.3) is 0 Å². The SMILES string of the molecule is CCCNC(C)c1cccc(OC2CCCOC2)c1. The largest absolute Gasteiger partial charge is 0.488 e. The van der Waals surface area contributed by atoms with Crippen molar-refractivity contribution in [3.63, 3.8) is 0 Å². The van der Waals surface area contributed by atoms with E-state index in [9.17, 15) is 0 Å². The molecule has 2 rings (SSSR count). The fraction of sp³-hybridized carbons (Fsp3) is 0.625. The van der Waals surface area contributed by atoms with Gasteiger partial charge in [-0.05, 0) is 50.4 Å². The Kier molecular flexibility index (Phi) is 5.67. The molecule has 1 fully saturated rings. The van der Waals surface area contributed by atoms with E-state index < -0.39 is 0 Å². The van der Waals surface area contributed by atoms with Crippen molar-refractivity contribution in [3.8, 4) is 5.75 Å². The highest BCUT2D eigenvalue weighted by atomic mass is 16.5. The highest BCUT2D eigenvalue weighted by Gasteiger charge is 2.15. The molecule has 3 heteroatoms. The Hall–Kier alpha value is -1.06. The minimum atomic E-state index is 0.211. The summed E-state index contributed by atoms with van der Waals surface area (Å²) in [4.78, 5) is 0. The lowest BCUT2D eigenvalue weighted by atomic mass is 10.1. The van der Waals surface area contributed by atoms with Crippen molar-refractivity contribution in [1.29, 1.82) is 0 Å². The first-order valence-corrected chi connectivity index (χ1v) is 7.37. The average molecular weight is 263 g/mol. The monoisotopic (exact) mass is 263 g/mol. The lowest BCUT2D eigenvalue weighted by molar-refractivity contribution is 0.00739. The smallest absolute Gasteiger partial charge is 0.122 e. The molecule has 0 aromatic heterocycles. The van der Waals surface area contributed by atoms with Crippen LogP contribution in [0, 0.1) is 0 Å². The Morgan fingerprint density at radius 2 is 2.37 bits per heavy atom. The predicted octanol–water partition coefficient (Wildman–Crippen LogP) is 3.31. The van der Waals surface area contributed by atoms with E-state index in [-0.39, 0.29) is 6.10 Å². The van der Waals surface area contributed by atoms with Gasteiger partial charge in [-0.25, -0.2) is 0 Å². The van der Waals surface area contributed by atoms with Crippen LogP contribution < -0.4 is 10.1 Å². The maximum Gasteiger partial charge on any atom is 0.122 e. The zero-order valence-corrected chi connectivity index (χ0v) is 12.0. The molecule has 0 spiro atoms. The van der Waals surface area contributed by atoms with Crippen LogP contribution in [0.15, 0.2) is 24.3 Å². The molecule has 106 valence electrons. The highest BCUT2D eigenvalue weighted by Crippen LogP contribution is 2.22. The molecule has 0 aliphatic carbocycles. The second kappa shape index (κ2) is 7.51. The van der Waals surface area contributed by atoms with E-state index in [1.807, 2.05) is 6.07 Å². The van der Waals surface area contributed by atoms with Gasteiger partial charge in [-0.15, -0.1) is 0 Å². The molecule has 1 saturated heterocycles. The van der Waals surface area contributed by atoms with E-state index in [0.29, 0.717) is 12.6 Å². The predicted molar refractivity (Wildman–Crippen MR) is 77.6 cm³/mol. The van der Waals surface area contributed by atoms with Crippen molar-refractivity contribution in [2.24, 2.45) is 0 Å². The topological polar surface area (TPSA) is 30.5 Å². The van der Waals surface area contributed by atoms with Crippen LogP contribution in [0.5, 0.6) is 5.75 Å². The Labute approximate surface area is 116 Å². The second-order valence-electron chi connectivity index (χ2n) is 5.21. The summed E-state index contributed by atoms with van der Waals surface area (Å²) in [6.45, 7) is 7.01. The van der Waals surface area contributed by atoms with Crippen molar-refractivity contribution in [2.45, 2.75) is 45.3 Å². The Morgan fingerprint density at radius 1 is 1.47 bits per heavy atom. The fourth-order valence-corrected chi connectivity index (χ4v) is 2.33. The summed E-state index contributed by atoms with van der Waals surface area (Å²) in [5.74, 6) is 0.957. The van der Waals surface area contributed by atoms with Crippen molar-refractivity contribution in [1.82, 2.24) is 5.32 Å². The van der Waals surface area contributed by atoms with Gasteiger partial charge in [0.2, 0.25) is 0 Å². The number of nitrogens with one attached hydrogen (secondary N) is 1. The van der Waals surface area contributed by atoms with Gasteiger partial charge in [0.15, 0.2) is 0 Å². The van der Waals surface area contributed by atoms with Crippen molar-refractivity contribution in [3.05, 3.63) is 29.8 Å². The maximum atomic E-state index is 6.00. The highest BCUT2D eigenvalue weighted by molar-refractivity contribution is 5.30. The summed E-state index contributed by atoms with van der Waals surface area (Å²) in [6, 6.07) is 8.76. The molecule has 0 bridgehead atoms. The molecule has 0 saturated carbocycles. The molecule has 1 heterocycles. The van der Waals surface area contributed by atoms with Gasteiger partial charge in [-0.1, -0.05) is 19.1 Å². The minimum absolute atomic E-state index is 0.211. The Balaban J connectivity index is 1.93. The summed E-state index contributed by atoms with van der Waals surface area (Å²) in [6.07, 6.45) is 3.55. The molecule has 0 radical (unpaired) electrons. The molecule has 3 nitrogen and oxygen atoms in total. The summed E-state index contributed by atoms with van der Waals surface area (Å²) in [5, 5.41) is 3.50. The van der Waals surface area contributed by atoms with Crippen molar-refractivity contribution < 1.29 is 9.47 Å². The molecular weight excluding hydrogens is 238 g/mol. The van der Waals surface area contributed by atoms with E-state index in [2.05, 4.69) is 37.4 Å². The third-order valence-electron chi connectivity index (χ3n) is 3.48. The lowest BCUT2D eigenvalue weighted by Crippen LogP contribution is -2.28. The van der Waals surface area contributed by atoms with Crippen LogP contribution in [-0.2, 0) is 4.74 Å². The Bertz CT molecular complexity index is 375. The quantitative estimate of drug-likeness (QED) is 0.854. The van der Waals surface area contributed by atoms with Crippen molar-refractivity contribution >= 4 is 0 Å². The molecule has 2 unspecified atom stereocenters. The van der Waals surface area contributed by atoms with Gasteiger partial charge in [-0.3, -0.25) is 0 Å². The van der Waals surface area contributed by atoms with Gasteiger partial charge >= 0.3 is 0 Å². The first-order chi connectivity index (χ1) is 9.29. The van der Waals surface area contributed by atoms with E-state index >= 15 is 0 Å². The first kappa shape index (κ1) is 14.4. The van der Waals surface area contributed by atoms with Crippen LogP contribution in [0.1, 0.15) is 44.7 Å². The number of hydrogen-bond donors (Lipinski definition) is 1. The zero-order chi connectivity index (χ0) is 13.5. The van der Waals surface area contributed by atoms with Crippen LogP contribution in [0.4, 0.5) is 0 Å². The van der Waals surface area contributed by atoms with Gasteiger partial charge in [0.25, 0.3) is 0 Å². The number of ether oxygens (including phenoxy) is 2. The molecule has 19 heavy (non-hydrogen) atoms. The molecule has 2 atom stereocenters. The van der Waals surface area contributed by atoms with Crippen molar-refractivity contribution in [2.75, 3.05) is 19.8 Å². The summed E-state index contributed by atoms with van der Waals surface area (Å²) in [7, 11) is 0. The van der Waals surface area contributed by atoms with E-state index in [4.69, 9.17) is 9.47 Å². The fourth-order valence-electron chi connectivity index (χ4n) is 2.33. The standard InChI is InChI=1S/C16H25NO2/c1-3-9-17-13(2)14-6-4-7-15(11-14)19-16-8-5-10-18-12-16/h4,6-7,11,13,16-17H,3,5,8-10,12H2,1-2H3. The molecule has 1 aromatic carbocycles. The molecular formula is C16H25NO2.